The lowest BCUT2D eigenvalue weighted by Crippen LogP contribution is -2.22. The minimum absolute atomic E-state index is 0.143. The fraction of sp³-hybridized carbons (Fsp3) is 0.160. The molecule has 2 amide bonds. The highest BCUT2D eigenvalue weighted by atomic mass is 35.5. The number of ketones is 1. The number of carbonyl (C=O) groups excluding carboxylic acids is 3. The van der Waals surface area contributed by atoms with Gasteiger partial charge in [-0.3, -0.25) is 9.59 Å². The van der Waals surface area contributed by atoms with Crippen LogP contribution in [0.2, 0.25) is 5.02 Å². The largest absolute Gasteiger partial charge is 0.484 e. The Hall–Kier alpha value is -3.64. The van der Waals surface area contributed by atoms with Crippen LogP contribution < -0.4 is 15.4 Å². The molecule has 2 N–H and O–H groups in total. The predicted octanol–water partition coefficient (Wildman–Crippen LogP) is 5.13. The first kappa shape index (κ1) is 23.0. The number of Topliss-reactive ketones (excluding diaryl/α,β-unsaturated/α-hetero) is 1. The minimum atomic E-state index is -0.391. The van der Waals surface area contributed by atoms with Crippen molar-refractivity contribution < 1.29 is 19.1 Å². The molecule has 3 rings (SSSR count). The zero-order valence-electron chi connectivity index (χ0n) is 17.6. The van der Waals surface area contributed by atoms with E-state index in [1.165, 1.54) is 0 Å². The van der Waals surface area contributed by atoms with Crippen molar-refractivity contribution in [3.8, 4) is 5.75 Å². The number of anilines is 2. The smallest absolute Gasteiger partial charge is 0.262 e. The molecule has 0 atom stereocenters. The van der Waals surface area contributed by atoms with E-state index in [-0.39, 0.29) is 18.3 Å². The van der Waals surface area contributed by atoms with Gasteiger partial charge in [-0.15, -0.1) is 0 Å². The van der Waals surface area contributed by atoms with Gasteiger partial charge in [0.2, 0.25) is 0 Å². The number of aryl methyl sites for hydroxylation is 1. The highest BCUT2D eigenvalue weighted by Gasteiger charge is 2.14. The van der Waals surface area contributed by atoms with E-state index in [1.807, 2.05) is 12.1 Å². The number of carbonyl (C=O) groups is 3. The van der Waals surface area contributed by atoms with Gasteiger partial charge in [0.15, 0.2) is 6.61 Å². The first-order valence-corrected chi connectivity index (χ1v) is 10.5. The van der Waals surface area contributed by atoms with Crippen molar-refractivity contribution in [2.45, 2.75) is 19.8 Å². The summed E-state index contributed by atoms with van der Waals surface area (Å²) >= 11 is 5.87. The molecule has 3 aromatic carbocycles. The van der Waals surface area contributed by atoms with Crippen LogP contribution in [0.3, 0.4) is 0 Å². The summed E-state index contributed by atoms with van der Waals surface area (Å²) in [5, 5.41) is 6.07. The van der Waals surface area contributed by atoms with Gasteiger partial charge in [0.25, 0.3) is 11.8 Å². The molecule has 0 aliphatic heterocycles. The van der Waals surface area contributed by atoms with E-state index in [4.69, 9.17) is 16.3 Å². The zero-order chi connectivity index (χ0) is 22.9. The number of benzene rings is 3. The molecule has 0 unspecified atom stereocenters. The lowest BCUT2D eigenvalue weighted by atomic mass is 10.1. The second kappa shape index (κ2) is 11.1. The van der Waals surface area contributed by atoms with Crippen LogP contribution in [0.25, 0.3) is 0 Å². The minimum Gasteiger partial charge on any atom is -0.484 e. The van der Waals surface area contributed by atoms with Gasteiger partial charge in [0.1, 0.15) is 11.5 Å². The van der Waals surface area contributed by atoms with E-state index in [1.54, 1.807) is 67.6 Å². The molecule has 0 heterocycles. The molecule has 0 aromatic heterocycles. The van der Waals surface area contributed by atoms with Crippen molar-refractivity contribution in [2.24, 2.45) is 0 Å². The Kier molecular flexibility index (Phi) is 8.00. The van der Waals surface area contributed by atoms with Crippen LogP contribution in [-0.4, -0.2) is 24.2 Å². The second-order valence-corrected chi connectivity index (χ2v) is 7.63. The first-order chi connectivity index (χ1) is 15.4. The molecule has 0 aliphatic rings. The quantitative estimate of drug-likeness (QED) is 0.473. The molecule has 3 aromatic rings. The van der Waals surface area contributed by atoms with E-state index in [9.17, 15) is 14.4 Å². The second-order valence-electron chi connectivity index (χ2n) is 7.19. The highest BCUT2D eigenvalue weighted by Crippen LogP contribution is 2.19. The Labute approximate surface area is 191 Å². The van der Waals surface area contributed by atoms with Crippen molar-refractivity contribution in [1.29, 1.82) is 0 Å². The molecule has 0 fully saturated rings. The van der Waals surface area contributed by atoms with Crippen LogP contribution in [0.5, 0.6) is 5.75 Å². The SMILES string of the molecule is CC(=O)CCc1ccc(OCC(=O)Nc2ccccc2C(=O)Nc2ccc(Cl)cc2)cc1. The van der Waals surface area contributed by atoms with Crippen LogP contribution >= 0.6 is 11.6 Å². The molecule has 0 aliphatic carbocycles. The Morgan fingerprint density at radius 2 is 1.56 bits per heavy atom. The fourth-order valence-corrected chi connectivity index (χ4v) is 3.06. The van der Waals surface area contributed by atoms with E-state index < -0.39 is 5.91 Å². The number of rotatable bonds is 9. The molecule has 32 heavy (non-hydrogen) atoms. The Morgan fingerprint density at radius 3 is 2.25 bits per heavy atom. The van der Waals surface area contributed by atoms with E-state index >= 15 is 0 Å². The Balaban J connectivity index is 1.56. The third kappa shape index (κ3) is 6.96. The molecule has 0 spiro atoms. The summed E-state index contributed by atoms with van der Waals surface area (Å²) in [6, 6.07) is 20.7. The summed E-state index contributed by atoms with van der Waals surface area (Å²) < 4.78 is 5.54. The maximum atomic E-state index is 12.7. The molecule has 0 bridgehead atoms. The number of para-hydroxylation sites is 1. The summed E-state index contributed by atoms with van der Waals surface area (Å²) in [6.45, 7) is 1.36. The maximum Gasteiger partial charge on any atom is 0.262 e. The molecule has 7 heteroatoms. The van der Waals surface area contributed by atoms with Gasteiger partial charge >= 0.3 is 0 Å². The summed E-state index contributed by atoms with van der Waals surface area (Å²) in [7, 11) is 0. The van der Waals surface area contributed by atoms with Crippen molar-refractivity contribution in [3.05, 3.63) is 88.9 Å². The normalized spacial score (nSPS) is 10.3. The Bertz CT molecular complexity index is 1100. The molecule has 0 saturated heterocycles. The Morgan fingerprint density at radius 1 is 0.875 bits per heavy atom. The molecule has 6 nitrogen and oxygen atoms in total. The van der Waals surface area contributed by atoms with Gasteiger partial charge in [-0.25, -0.2) is 0 Å². The lowest BCUT2D eigenvalue weighted by molar-refractivity contribution is -0.118. The van der Waals surface area contributed by atoms with E-state index in [0.29, 0.717) is 40.6 Å². The van der Waals surface area contributed by atoms with Gasteiger partial charge in [-0.05, 0) is 67.4 Å². The number of nitrogens with one attached hydrogen (secondary N) is 2. The molecular formula is C25H23ClN2O4. The number of halogens is 1. The van der Waals surface area contributed by atoms with Crippen molar-refractivity contribution in [3.63, 3.8) is 0 Å². The summed E-state index contributed by atoms with van der Waals surface area (Å²) in [6.07, 6.45) is 1.17. The van der Waals surface area contributed by atoms with Gasteiger partial charge in [-0.1, -0.05) is 35.9 Å². The average Bonchev–Trinajstić information content (AvgIpc) is 2.79. The lowest BCUT2D eigenvalue weighted by Gasteiger charge is -2.12. The van der Waals surface area contributed by atoms with Crippen molar-refractivity contribution in [2.75, 3.05) is 17.2 Å². The molecule has 164 valence electrons. The molecule has 0 radical (unpaired) electrons. The average molecular weight is 451 g/mol. The number of hydrogen-bond acceptors (Lipinski definition) is 4. The maximum absolute atomic E-state index is 12.7. The highest BCUT2D eigenvalue weighted by molar-refractivity contribution is 6.30. The van der Waals surface area contributed by atoms with Crippen molar-refractivity contribution >= 4 is 40.6 Å². The standard InChI is InChI=1S/C25H23ClN2O4/c1-17(29)6-7-18-8-14-21(15-9-18)32-16-24(30)28-23-5-3-2-4-22(23)25(31)27-20-12-10-19(26)11-13-20/h2-5,8-15H,6-7,16H2,1H3,(H,27,31)(H,28,30). The monoisotopic (exact) mass is 450 g/mol. The van der Waals surface area contributed by atoms with Crippen LogP contribution in [-0.2, 0) is 16.0 Å². The van der Waals surface area contributed by atoms with Gasteiger partial charge in [0, 0.05) is 17.1 Å². The van der Waals surface area contributed by atoms with Crippen LogP contribution in [0.4, 0.5) is 11.4 Å². The third-order valence-electron chi connectivity index (χ3n) is 4.61. The molecular weight excluding hydrogens is 428 g/mol. The van der Waals surface area contributed by atoms with Crippen LogP contribution in [0, 0.1) is 0 Å². The van der Waals surface area contributed by atoms with Gasteiger partial charge in [0.05, 0.1) is 11.3 Å². The van der Waals surface area contributed by atoms with Crippen LogP contribution in [0.1, 0.15) is 29.3 Å². The summed E-state index contributed by atoms with van der Waals surface area (Å²) in [4.78, 5) is 36.1. The number of hydrogen-bond donors (Lipinski definition) is 2. The van der Waals surface area contributed by atoms with Gasteiger partial charge < -0.3 is 20.2 Å². The number of amides is 2. The van der Waals surface area contributed by atoms with Crippen molar-refractivity contribution in [1.82, 2.24) is 0 Å². The summed E-state index contributed by atoms with van der Waals surface area (Å²) in [5.41, 5.74) is 2.33. The zero-order valence-corrected chi connectivity index (χ0v) is 18.3. The van der Waals surface area contributed by atoms with Gasteiger partial charge in [-0.2, -0.15) is 0 Å². The predicted molar refractivity (Wildman–Crippen MR) is 125 cm³/mol. The first-order valence-electron chi connectivity index (χ1n) is 10.1. The fourth-order valence-electron chi connectivity index (χ4n) is 2.93. The van der Waals surface area contributed by atoms with E-state index in [0.717, 1.165) is 5.56 Å². The third-order valence-corrected chi connectivity index (χ3v) is 4.86. The summed E-state index contributed by atoms with van der Waals surface area (Å²) in [5.74, 6) is -0.0627. The topological polar surface area (TPSA) is 84.5 Å². The number of ether oxygens (including phenoxy) is 1. The van der Waals surface area contributed by atoms with Crippen LogP contribution in [0.15, 0.2) is 72.8 Å². The van der Waals surface area contributed by atoms with E-state index in [2.05, 4.69) is 10.6 Å². The molecule has 0 saturated carbocycles.